The Balaban J connectivity index is 1.98. The Morgan fingerprint density at radius 2 is 2.16 bits per heavy atom. The van der Waals surface area contributed by atoms with Gasteiger partial charge in [0.15, 0.2) is 5.82 Å². The van der Waals surface area contributed by atoms with Crippen molar-refractivity contribution in [3.05, 3.63) is 46.5 Å². The molecule has 0 saturated heterocycles. The third-order valence-corrected chi connectivity index (χ3v) is 3.68. The Labute approximate surface area is 115 Å². The Morgan fingerprint density at radius 1 is 1.32 bits per heavy atom. The zero-order valence-electron chi connectivity index (χ0n) is 10.1. The second-order valence-electron chi connectivity index (χ2n) is 4.45. The molecule has 0 atom stereocenters. The Hall–Kier alpha value is -1.88. The molecule has 98 valence electrons. The van der Waals surface area contributed by atoms with Crippen molar-refractivity contribution in [1.82, 2.24) is 9.97 Å². The van der Waals surface area contributed by atoms with Gasteiger partial charge in [-0.25, -0.2) is 14.4 Å². The minimum atomic E-state index is -0.194. The molecule has 6 heteroatoms. The minimum absolute atomic E-state index is 0.194. The second-order valence-corrected chi connectivity index (χ2v) is 4.82. The van der Waals surface area contributed by atoms with E-state index in [-0.39, 0.29) is 11.6 Å². The van der Waals surface area contributed by atoms with Gasteiger partial charge in [-0.05, 0) is 18.1 Å². The highest BCUT2D eigenvalue weighted by Gasteiger charge is 2.22. The van der Waals surface area contributed by atoms with Gasteiger partial charge in [0.25, 0.3) is 0 Å². The summed E-state index contributed by atoms with van der Waals surface area (Å²) in [6.45, 7) is 1.17. The van der Waals surface area contributed by atoms with E-state index in [0.29, 0.717) is 22.9 Å². The summed E-state index contributed by atoms with van der Waals surface area (Å²) >= 11 is 6.11. The van der Waals surface area contributed by atoms with Gasteiger partial charge in [-0.2, -0.15) is 0 Å². The second kappa shape index (κ2) is 4.66. The topological polar surface area (TPSA) is 55.0 Å². The molecular weight excluding hydrogens is 267 g/mol. The summed E-state index contributed by atoms with van der Waals surface area (Å²) in [7, 11) is 0. The van der Waals surface area contributed by atoms with Crippen molar-refractivity contribution in [2.24, 2.45) is 0 Å². The molecule has 0 fully saturated rings. The summed E-state index contributed by atoms with van der Waals surface area (Å²) in [6, 6.07) is 5.16. The van der Waals surface area contributed by atoms with E-state index in [0.717, 1.165) is 18.5 Å². The monoisotopic (exact) mass is 278 g/mol. The van der Waals surface area contributed by atoms with Gasteiger partial charge < -0.3 is 10.6 Å². The largest absolute Gasteiger partial charge is 0.382 e. The molecule has 0 bridgehead atoms. The molecule has 3 rings (SSSR count). The lowest BCUT2D eigenvalue weighted by atomic mass is 9.99. The first kappa shape index (κ1) is 12.2. The fourth-order valence-electron chi connectivity index (χ4n) is 2.31. The van der Waals surface area contributed by atoms with Crippen molar-refractivity contribution in [3.63, 3.8) is 0 Å². The van der Waals surface area contributed by atoms with E-state index < -0.39 is 0 Å². The number of hydrogen-bond donors (Lipinski definition) is 1. The highest BCUT2D eigenvalue weighted by atomic mass is 35.5. The summed E-state index contributed by atoms with van der Waals surface area (Å²) in [5.41, 5.74) is 7.40. The molecule has 19 heavy (non-hydrogen) atoms. The van der Waals surface area contributed by atoms with Gasteiger partial charge in [0.1, 0.15) is 23.0 Å². The van der Waals surface area contributed by atoms with Crippen LogP contribution in [0.4, 0.5) is 16.0 Å². The number of halogens is 2. The van der Waals surface area contributed by atoms with Crippen LogP contribution in [0.2, 0.25) is 5.02 Å². The number of fused-ring (bicyclic) bond motifs is 1. The van der Waals surface area contributed by atoms with Gasteiger partial charge in [-0.3, -0.25) is 0 Å². The highest BCUT2D eigenvalue weighted by molar-refractivity contribution is 6.35. The van der Waals surface area contributed by atoms with Crippen LogP contribution >= 0.6 is 11.6 Å². The summed E-state index contributed by atoms with van der Waals surface area (Å²) < 4.78 is 13.8. The third-order valence-electron chi connectivity index (χ3n) is 3.31. The molecule has 0 unspecified atom stereocenters. The van der Waals surface area contributed by atoms with Crippen LogP contribution in [0.3, 0.4) is 0 Å². The third kappa shape index (κ3) is 2.10. The van der Waals surface area contributed by atoms with Crippen molar-refractivity contribution >= 4 is 23.2 Å². The lowest BCUT2D eigenvalue weighted by molar-refractivity contribution is 0.587. The molecule has 2 aromatic rings. The van der Waals surface area contributed by atoms with Crippen LogP contribution in [0.15, 0.2) is 24.5 Å². The van der Waals surface area contributed by atoms with E-state index in [1.165, 1.54) is 12.4 Å². The zero-order chi connectivity index (χ0) is 13.4. The average Bonchev–Trinajstić information content (AvgIpc) is 2.42. The van der Waals surface area contributed by atoms with Crippen LogP contribution in [0.5, 0.6) is 0 Å². The molecule has 1 aromatic carbocycles. The zero-order valence-corrected chi connectivity index (χ0v) is 10.9. The average molecular weight is 279 g/mol. The van der Waals surface area contributed by atoms with Crippen LogP contribution in [0, 0.1) is 5.82 Å². The standard InChI is InChI=1S/C13H12ClFN4/c14-11-12(16)17-7-18-13(11)19-5-4-8-2-1-3-10(15)9(8)6-19/h1-3,7H,4-6H2,(H2,16,17,18). The molecule has 0 saturated carbocycles. The number of anilines is 2. The number of rotatable bonds is 1. The summed E-state index contributed by atoms with van der Waals surface area (Å²) in [4.78, 5) is 9.90. The predicted octanol–water partition coefficient (Wildman–Crippen LogP) is 2.41. The Morgan fingerprint density at radius 3 is 3.00 bits per heavy atom. The predicted molar refractivity (Wildman–Crippen MR) is 72.6 cm³/mol. The van der Waals surface area contributed by atoms with E-state index in [9.17, 15) is 4.39 Å². The van der Waals surface area contributed by atoms with Crippen LogP contribution < -0.4 is 10.6 Å². The fourth-order valence-corrected chi connectivity index (χ4v) is 2.53. The molecule has 0 aliphatic carbocycles. The Kier molecular flexibility index (Phi) is 2.98. The molecule has 0 amide bonds. The van der Waals surface area contributed by atoms with Crippen molar-refractivity contribution in [3.8, 4) is 0 Å². The van der Waals surface area contributed by atoms with Crippen molar-refractivity contribution in [2.45, 2.75) is 13.0 Å². The molecular formula is C13H12ClFN4. The number of benzene rings is 1. The lowest BCUT2D eigenvalue weighted by Gasteiger charge is -2.30. The summed E-state index contributed by atoms with van der Waals surface area (Å²) in [5.74, 6) is 0.606. The highest BCUT2D eigenvalue weighted by Crippen LogP contribution is 2.31. The lowest BCUT2D eigenvalue weighted by Crippen LogP contribution is -2.32. The van der Waals surface area contributed by atoms with Crippen LogP contribution in [0.1, 0.15) is 11.1 Å². The smallest absolute Gasteiger partial charge is 0.153 e. The van der Waals surface area contributed by atoms with Crippen LogP contribution in [-0.4, -0.2) is 16.5 Å². The van der Waals surface area contributed by atoms with E-state index in [2.05, 4.69) is 9.97 Å². The number of nitrogens with two attached hydrogens (primary N) is 1. The van der Waals surface area contributed by atoms with Crippen molar-refractivity contribution < 1.29 is 4.39 Å². The maximum Gasteiger partial charge on any atom is 0.153 e. The molecule has 1 aliphatic heterocycles. The van der Waals surface area contributed by atoms with Crippen molar-refractivity contribution in [2.75, 3.05) is 17.2 Å². The van der Waals surface area contributed by atoms with Gasteiger partial charge in [-0.1, -0.05) is 23.7 Å². The number of aromatic nitrogens is 2. The number of nitrogens with zero attached hydrogens (tertiary/aromatic N) is 3. The molecule has 1 aliphatic rings. The van der Waals surface area contributed by atoms with E-state index in [4.69, 9.17) is 17.3 Å². The molecule has 2 N–H and O–H groups in total. The first-order valence-corrected chi connectivity index (χ1v) is 6.32. The number of hydrogen-bond acceptors (Lipinski definition) is 4. The van der Waals surface area contributed by atoms with Crippen LogP contribution in [0.25, 0.3) is 0 Å². The molecule has 0 spiro atoms. The fraction of sp³-hybridized carbons (Fsp3) is 0.231. The van der Waals surface area contributed by atoms with Gasteiger partial charge in [-0.15, -0.1) is 0 Å². The molecule has 0 radical (unpaired) electrons. The van der Waals surface area contributed by atoms with Crippen molar-refractivity contribution in [1.29, 1.82) is 0 Å². The normalized spacial score (nSPS) is 14.3. The quantitative estimate of drug-likeness (QED) is 0.870. The number of nitrogen functional groups attached to an aromatic ring is 1. The first-order valence-electron chi connectivity index (χ1n) is 5.94. The maximum absolute atomic E-state index is 13.8. The molecule has 1 aromatic heterocycles. The molecule has 4 nitrogen and oxygen atoms in total. The Bertz CT molecular complexity index is 632. The van der Waals surface area contributed by atoms with Gasteiger partial charge in [0.2, 0.25) is 0 Å². The van der Waals surface area contributed by atoms with E-state index in [1.807, 2.05) is 11.0 Å². The van der Waals surface area contributed by atoms with E-state index >= 15 is 0 Å². The minimum Gasteiger partial charge on any atom is -0.382 e. The SMILES string of the molecule is Nc1ncnc(N2CCc3cccc(F)c3C2)c1Cl. The van der Waals surface area contributed by atoms with Gasteiger partial charge in [0.05, 0.1) is 0 Å². The first-order chi connectivity index (χ1) is 9.16. The summed E-state index contributed by atoms with van der Waals surface area (Å²) in [6.07, 6.45) is 2.13. The van der Waals surface area contributed by atoms with Gasteiger partial charge >= 0.3 is 0 Å². The van der Waals surface area contributed by atoms with Crippen LogP contribution in [-0.2, 0) is 13.0 Å². The summed E-state index contributed by atoms with van der Waals surface area (Å²) in [5, 5.41) is 0.322. The maximum atomic E-state index is 13.8. The molecule has 2 heterocycles. The van der Waals surface area contributed by atoms with Gasteiger partial charge in [0, 0.05) is 18.7 Å². The van der Waals surface area contributed by atoms with E-state index in [1.54, 1.807) is 6.07 Å².